The normalized spacial score (nSPS) is 14.4. The molecule has 4 rings (SSSR count). The summed E-state index contributed by atoms with van der Waals surface area (Å²) in [6.45, 7) is 1.99. The lowest BCUT2D eigenvalue weighted by molar-refractivity contribution is -0.116. The first kappa shape index (κ1) is 22.9. The van der Waals surface area contributed by atoms with Gasteiger partial charge in [-0.25, -0.2) is 0 Å². The van der Waals surface area contributed by atoms with Gasteiger partial charge >= 0.3 is 0 Å². The average molecular weight is 462 g/mol. The molecule has 5 nitrogen and oxygen atoms in total. The number of rotatable bonds is 7. The van der Waals surface area contributed by atoms with Crippen molar-refractivity contribution in [2.24, 2.45) is 0 Å². The largest absolute Gasteiger partial charge is 0.370 e. The molecule has 1 saturated heterocycles. The van der Waals surface area contributed by atoms with Crippen LogP contribution in [0.1, 0.15) is 47.6 Å². The molecule has 0 spiro atoms. The third-order valence-electron chi connectivity index (χ3n) is 5.89. The summed E-state index contributed by atoms with van der Waals surface area (Å²) in [5.74, 6) is -0.469. The highest BCUT2D eigenvalue weighted by Crippen LogP contribution is 2.29. The van der Waals surface area contributed by atoms with Gasteiger partial charge in [0.25, 0.3) is 5.91 Å². The molecule has 1 aliphatic rings. The van der Waals surface area contributed by atoms with Crippen LogP contribution in [0.5, 0.6) is 0 Å². The van der Waals surface area contributed by atoms with Crippen LogP contribution in [-0.2, 0) is 4.79 Å². The second-order valence-electron chi connectivity index (χ2n) is 8.23. The van der Waals surface area contributed by atoms with Crippen molar-refractivity contribution in [1.82, 2.24) is 5.32 Å². The third-order valence-corrected chi connectivity index (χ3v) is 6.22. The quantitative estimate of drug-likeness (QED) is 0.465. The number of para-hydroxylation sites is 2. The molecule has 33 heavy (non-hydrogen) atoms. The zero-order valence-corrected chi connectivity index (χ0v) is 19.2. The van der Waals surface area contributed by atoms with E-state index in [0.717, 1.165) is 42.9 Å². The van der Waals surface area contributed by atoms with Crippen LogP contribution in [0.4, 0.5) is 11.4 Å². The highest BCUT2D eigenvalue weighted by Gasteiger charge is 2.22. The maximum absolute atomic E-state index is 13.1. The maximum atomic E-state index is 13.1. The Hall–Kier alpha value is -3.31. The fraction of sp³-hybridized carbons (Fsp3) is 0.259. The minimum atomic E-state index is -0.489. The van der Waals surface area contributed by atoms with Gasteiger partial charge < -0.3 is 15.5 Å². The molecular formula is C27H28ClN3O2. The van der Waals surface area contributed by atoms with Gasteiger partial charge in [0.2, 0.25) is 5.91 Å². The van der Waals surface area contributed by atoms with Crippen molar-refractivity contribution in [1.29, 1.82) is 0 Å². The van der Waals surface area contributed by atoms with Gasteiger partial charge in [0.1, 0.15) is 0 Å². The molecule has 3 aromatic carbocycles. The van der Waals surface area contributed by atoms with E-state index < -0.39 is 6.04 Å². The van der Waals surface area contributed by atoms with E-state index in [0.29, 0.717) is 10.6 Å². The average Bonchev–Trinajstić information content (AvgIpc) is 2.85. The second-order valence-corrected chi connectivity index (χ2v) is 8.64. The number of benzene rings is 3. The van der Waals surface area contributed by atoms with E-state index >= 15 is 0 Å². The van der Waals surface area contributed by atoms with Crippen molar-refractivity contribution in [3.05, 3.63) is 95.0 Å². The molecular weight excluding hydrogens is 434 g/mol. The van der Waals surface area contributed by atoms with Crippen molar-refractivity contribution in [3.8, 4) is 0 Å². The smallest absolute Gasteiger partial charge is 0.253 e. The maximum Gasteiger partial charge on any atom is 0.253 e. The van der Waals surface area contributed by atoms with Crippen molar-refractivity contribution in [2.75, 3.05) is 23.3 Å². The number of anilines is 2. The molecule has 1 atom stereocenters. The van der Waals surface area contributed by atoms with E-state index in [-0.39, 0.29) is 18.2 Å². The predicted octanol–water partition coefficient (Wildman–Crippen LogP) is 5.83. The number of hydrogen-bond acceptors (Lipinski definition) is 3. The van der Waals surface area contributed by atoms with Crippen LogP contribution < -0.4 is 15.5 Å². The van der Waals surface area contributed by atoms with Gasteiger partial charge in [-0.1, -0.05) is 66.2 Å². The van der Waals surface area contributed by atoms with Crippen LogP contribution >= 0.6 is 11.6 Å². The SMILES string of the molecule is O=C(CC(NC(=O)c1ccccc1Cl)c1ccccc1)Nc1ccccc1N1CCCCC1. The highest BCUT2D eigenvalue weighted by atomic mass is 35.5. The number of amides is 2. The molecule has 1 aliphatic heterocycles. The Morgan fingerprint density at radius 3 is 2.27 bits per heavy atom. The Kier molecular flexibility index (Phi) is 7.63. The van der Waals surface area contributed by atoms with E-state index in [1.165, 1.54) is 6.42 Å². The molecule has 2 amide bonds. The summed E-state index contributed by atoms with van der Waals surface area (Å²) in [7, 11) is 0. The molecule has 3 aromatic rings. The summed E-state index contributed by atoms with van der Waals surface area (Å²) in [5.41, 5.74) is 3.09. The molecule has 0 bridgehead atoms. The van der Waals surface area contributed by atoms with Crippen LogP contribution in [0.2, 0.25) is 5.02 Å². The van der Waals surface area contributed by atoms with Gasteiger partial charge in [-0.2, -0.15) is 0 Å². The first-order valence-corrected chi connectivity index (χ1v) is 11.7. The monoisotopic (exact) mass is 461 g/mol. The van der Waals surface area contributed by atoms with E-state index in [9.17, 15) is 9.59 Å². The zero-order valence-electron chi connectivity index (χ0n) is 18.5. The molecule has 1 heterocycles. The number of halogens is 1. The van der Waals surface area contributed by atoms with Crippen molar-refractivity contribution in [3.63, 3.8) is 0 Å². The Labute approximate surface area is 199 Å². The lowest BCUT2D eigenvalue weighted by Gasteiger charge is -2.30. The first-order chi connectivity index (χ1) is 16.1. The number of carbonyl (C=O) groups excluding carboxylic acids is 2. The molecule has 2 N–H and O–H groups in total. The van der Waals surface area contributed by atoms with Crippen LogP contribution in [-0.4, -0.2) is 24.9 Å². The van der Waals surface area contributed by atoms with E-state index in [2.05, 4.69) is 21.6 Å². The molecule has 170 valence electrons. The van der Waals surface area contributed by atoms with Gasteiger partial charge in [-0.15, -0.1) is 0 Å². The molecule has 1 unspecified atom stereocenters. The van der Waals surface area contributed by atoms with Crippen LogP contribution in [0, 0.1) is 0 Å². The number of carbonyl (C=O) groups is 2. The van der Waals surface area contributed by atoms with Gasteiger partial charge in [0, 0.05) is 13.1 Å². The van der Waals surface area contributed by atoms with E-state index in [1.54, 1.807) is 24.3 Å². The van der Waals surface area contributed by atoms with E-state index in [1.807, 2.05) is 48.5 Å². The van der Waals surface area contributed by atoms with Gasteiger partial charge in [0.05, 0.1) is 34.4 Å². The summed E-state index contributed by atoms with van der Waals surface area (Å²) in [6, 6.07) is 23.8. The van der Waals surface area contributed by atoms with Crippen molar-refractivity contribution in [2.45, 2.75) is 31.7 Å². The summed E-state index contributed by atoms with van der Waals surface area (Å²) >= 11 is 6.21. The Balaban J connectivity index is 1.51. The van der Waals surface area contributed by atoms with Gasteiger partial charge in [-0.3, -0.25) is 9.59 Å². The summed E-state index contributed by atoms with van der Waals surface area (Å²) in [5, 5.41) is 6.44. The Morgan fingerprint density at radius 2 is 1.52 bits per heavy atom. The molecule has 0 saturated carbocycles. The molecule has 0 aromatic heterocycles. The first-order valence-electron chi connectivity index (χ1n) is 11.4. The Bertz CT molecular complexity index is 1100. The van der Waals surface area contributed by atoms with Crippen LogP contribution in [0.25, 0.3) is 0 Å². The van der Waals surface area contributed by atoms with Gasteiger partial charge in [0.15, 0.2) is 0 Å². The topological polar surface area (TPSA) is 61.4 Å². The molecule has 1 fully saturated rings. The number of nitrogens with zero attached hydrogens (tertiary/aromatic N) is 1. The third kappa shape index (κ3) is 5.93. The standard InChI is InChI=1S/C27H28ClN3O2/c28-22-14-6-5-13-21(22)27(33)30-24(20-11-3-1-4-12-20)19-26(32)29-23-15-7-8-16-25(23)31-17-9-2-10-18-31/h1,3-8,11-16,24H,2,9-10,17-19H2,(H,29,32)(H,30,33). The minimum absolute atomic E-state index is 0.106. The number of nitrogens with one attached hydrogen (secondary N) is 2. The number of hydrogen-bond donors (Lipinski definition) is 2. The lowest BCUT2D eigenvalue weighted by atomic mass is 10.0. The number of piperidine rings is 1. The lowest BCUT2D eigenvalue weighted by Crippen LogP contribution is -2.32. The molecule has 0 radical (unpaired) electrons. The van der Waals surface area contributed by atoms with Crippen molar-refractivity contribution >= 4 is 34.8 Å². The van der Waals surface area contributed by atoms with Crippen molar-refractivity contribution < 1.29 is 9.59 Å². The predicted molar refractivity (Wildman–Crippen MR) is 134 cm³/mol. The zero-order chi connectivity index (χ0) is 23.0. The van der Waals surface area contributed by atoms with Crippen LogP contribution in [0.3, 0.4) is 0 Å². The molecule has 0 aliphatic carbocycles. The minimum Gasteiger partial charge on any atom is -0.370 e. The Morgan fingerprint density at radius 1 is 0.848 bits per heavy atom. The van der Waals surface area contributed by atoms with E-state index in [4.69, 9.17) is 11.6 Å². The highest BCUT2D eigenvalue weighted by molar-refractivity contribution is 6.33. The summed E-state index contributed by atoms with van der Waals surface area (Å²) in [6.07, 6.45) is 3.67. The second kappa shape index (κ2) is 11.0. The summed E-state index contributed by atoms with van der Waals surface area (Å²) < 4.78 is 0. The van der Waals surface area contributed by atoms with Crippen LogP contribution in [0.15, 0.2) is 78.9 Å². The summed E-state index contributed by atoms with van der Waals surface area (Å²) in [4.78, 5) is 28.4. The fourth-order valence-corrected chi connectivity index (χ4v) is 4.42. The fourth-order valence-electron chi connectivity index (χ4n) is 4.20. The van der Waals surface area contributed by atoms with Gasteiger partial charge in [-0.05, 0) is 49.1 Å². The molecule has 6 heteroatoms.